The fourth-order valence-electron chi connectivity index (χ4n) is 2.02. The van der Waals surface area contributed by atoms with Crippen LogP contribution in [0.1, 0.15) is 18.5 Å². The lowest BCUT2D eigenvalue weighted by molar-refractivity contribution is -0.385. The molecule has 2 rings (SSSR count). The zero-order valence-corrected chi connectivity index (χ0v) is 14.2. The van der Waals surface area contributed by atoms with Crippen LogP contribution in [-0.2, 0) is 4.79 Å². The van der Waals surface area contributed by atoms with E-state index in [1.807, 2.05) is 0 Å². The molecule has 24 heavy (non-hydrogen) atoms. The van der Waals surface area contributed by atoms with Crippen LogP contribution in [0, 0.1) is 10.1 Å². The number of hydrogen-bond donors (Lipinski definition) is 1. The van der Waals surface area contributed by atoms with Gasteiger partial charge < -0.3 is 10.1 Å². The van der Waals surface area contributed by atoms with E-state index in [1.165, 1.54) is 18.2 Å². The third kappa shape index (κ3) is 4.59. The van der Waals surface area contributed by atoms with E-state index in [1.54, 1.807) is 31.2 Å². The Kier molecular flexibility index (Phi) is 6.00. The number of carbonyl (C=O) groups excluding carboxylic acids is 1. The van der Waals surface area contributed by atoms with Crippen molar-refractivity contribution >= 4 is 34.8 Å². The molecule has 0 saturated carbocycles. The molecule has 1 atom stereocenters. The van der Waals surface area contributed by atoms with Crippen molar-refractivity contribution in [2.24, 2.45) is 0 Å². The molecule has 8 heteroatoms. The van der Waals surface area contributed by atoms with Crippen molar-refractivity contribution in [3.8, 4) is 5.75 Å². The lowest BCUT2D eigenvalue weighted by Crippen LogP contribution is -2.31. The highest BCUT2D eigenvalue weighted by molar-refractivity contribution is 6.42. The van der Waals surface area contributed by atoms with Crippen molar-refractivity contribution in [1.29, 1.82) is 0 Å². The van der Waals surface area contributed by atoms with Crippen LogP contribution < -0.4 is 10.1 Å². The first-order valence-electron chi connectivity index (χ1n) is 6.99. The van der Waals surface area contributed by atoms with Crippen LogP contribution in [0.15, 0.2) is 42.5 Å². The molecule has 126 valence electrons. The van der Waals surface area contributed by atoms with Gasteiger partial charge in [0.2, 0.25) is 0 Å². The number of hydrogen-bond acceptors (Lipinski definition) is 4. The smallest absolute Gasteiger partial charge is 0.310 e. The molecule has 6 nitrogen and oxygen atoms in total. The average molecular weight is 369 g/mol. The van der Waals surface area contributed by atoms with Crippen LogP contribution in [0.4, 0.5) is 5.69 Å². The second-order valence-electron chi connectivity index (χ2n) is 4.98. The molecule has 1 N–H and O–H groups in total. The summed E-state index contributed by atoms with van der Waals surface area (Å²) in [6, 6.07) is 10.6. The third-order valence-electron chi connectivity index (χ3n) is 3.24. The standard InChI is InChI=1S/C16H14Cl2N2O4/c1-10(11-6-7-12(17)13(18)8-11)19-16(21)9-24-15-5-3-2-4-14(15)20(22)23/h2-8,10H,9H2,1H3,(H,19,21)/t10-/m0/s1. The average Bonchev–Trinajstić information content (AvgIpc) is 2.55. The Bertz CT molecular complexity index is 767. The van der Waals surface area contributed by atoms with Gasteiger partial charge in [-0.15, -0.1) is 0 Å². The van der Waals surface area contributed by atoms with E-state index in [9.17, 15) is 14.9 Å². The van der Waals surface area contributed by atoms with Gasteiger partial charge in [-0.3, -0.25) is 14.9 Å². The van der Waals surface area contributed by atoms with Gasteiger partial charge in [-0.05, 0) is 30.7 Å². The molecule has 0 heterocycles. The largest absolute Gasteiger partial charge is 0.477 e. The van der Waals surface area contributed by atoms with Crippen LogP contribution >= 0.6 is 23.2 Å². The molecule has 2 aromatic rings. The Hall–Kier alpha value is -2.31. The Labute approximate surface area is 148 Å². The predicted octanol–water partition coefficient (Wildman–Crippen LogP) is 4.16. The summed E-state index contributed by atoms with van der Waals surface area (Å²) in [6.45, 7) is 1.44. The number of nitro benzene ring substituents is 1. The Morgan fingerprint density at radius 1 is 1.25 bits per heavy atom. The summed E-state index contributed by atoms with van der Waals surface area (Å²) in [5.41, 5.74) is 0.589. The number of rotatable bonds is 6. The molecule has 0 aliphatic carbocycles. The van der Waals surface area contributed by atoms with Crippen LogP contribution in [0.2, 0.25) is 10.0 Å². The van der Waals surface area contributed by atoms with E-state index in [4.69, 9.17) is 27.9 Å². The lowest BCUT2D eigenvalue weighted by Gasteiger charge is -2.15. The maximum Gasteiger partial charge on any atom is 0.310 e. The van der Waals surface area contributed by atoms with Crippen LogP contribution in [-0.4, -0.2) is 17.4 Å². The van der Waals surface area contributed by atoms with E-state index in [0.717, 1.165) is 5.56 Å². The number of halogens is 2. The molecule has 2 aromatic carbocycles. The molecule has 0 aliphatic rings. The second-order valence-corrected chi connectivity index (χ2v) is 5.79. The second kappa shape index (κ2) is 7.99. The topological polar surface area (TPSA) is 81.5 Å². The number of benzene rings is 2. The first-order chi connectivity index (χ1) is 11.4. The molecular weight excluding hydrogens is 355 g/mol. The molecule has 0 aliphatic heterocycles. The van der Waals surface area contributed by atoms with Crippen molar-refractivity contribution in [1.82, 2.24) is 5.32 Å². The highest BCUT2D eigenvalue weighted by Crippen LogP contribution is 2.26. The van der Waals surface area contributed by atoms with Gasteiger partial charge in [0, 0.05) is 6.07 Å². The first-order valence-corrected chi connectivity index (χ1v) is 7.74. The number of carbonyl (C=O) groups is 1. The number of nitrogens with one attached hydrogen (secondary N) is 1. The summed E-state index contributed by atoms with van der Waals surface area (Å²) in [5.74, 6) is -0.369. The van der Waals surface area contributed by atoms with E-state index in [2.05, 4.69) is 5.32 Å². The molecule has 0 radical (unpaired) electrons. The van der Waals surface area contributed by atoms with Gasteiger partial charge >= 0.3 is 5.69 Å². The number of para-hydroxylation sites is 2. The van der Waals surface area contributed by atoms with E-state index in [-0.39, 0.29) is 24.1 Å². The zero-order chi connectivity index (χ0) is 17.7. The van der Waals surface area contributed by atoms with Crippen molar-refractivity contribution in [3.05, 3.63) is 68.2 Å². The SMILES string of the molecule is C[C@H](NC(=O)COc1ccccc1[N+](=O)[O-])c1ccc(Cl)c(Cl)c1. The molecule has 0 unspecified atom stereocenters. The van der Waals surface area contributed by atoms with Crippen LogP contribution in [0.3, 0.4) is 0 Å². The number of amides is 1. The van der Waals surface area contributed by atoms with Gasteiger partial charge in [-0.25, -0.2) is 0 Å². The van der Waals surface area contributed by atoms with Gasteiger partial charge in [-0.2, -0.15) is 0 Å². The summed E-state index contributed by atoms with van der Waals surface area (Å²) in [7, 11) is 0. The molecule has 0 fully saturated rings. The summed E-state index contributed by atoms with van der Waals surface area (Å²) < 4.78 is 5.24. The molecule has 0 bridgehead atoms. The van der Waals surface area contributed by atoms with Crippen molar-refractivity contribution in [3.63, 3.8) is 0 Å². The summed E-state index contributed by atoms with van der Waals surface area (Å²) in [6.07, 6.45) is 0. The van der Waals surface area contributed by atoms with Gasteiger partial charge in [0.1, 0.15) is 0 Å². The minimum absolute atomic E-state index is 0.0415. The van der Waals surface area contributed by atoms with Crippen molar-refractivity contribution in [2.75, 3.05) is 6.61 Å². The summed E-state index contributed by atoms with van der Waals surface area (Å²) in [5, 5.41) is 14.4. The lowest BCUT2D eigenvalue weighted by atomic mass is 10.1. The molecule has 0 saturated heterocycles. The third-order valence-corrected chi connectivity index (χ3v) is 3.98. The number of nitro groups is 1. The fraction of sp³-hybridized carbons (Fsp3) is 0.188. The maximum atomic E-state index is 12.0. The van der Waals surface area contributed by atoms with E-state index >= 15 is 0 Å². The summed E-state index contributed by atoms with van der Waals surface area (Å²) >= 11 is 11.8. The van der Waals surface area contributed by atoms with Gasteiger partial charge in [-0.1, -0.05) is 41.4 Å². The zero-order valence-electron chi connectivity index (χ0n) is 12.7. The Morgan fingerprint density at radius 2 is 1.96 bits per heavy atom. The monoisotopic (exact) mass is 368 g/mol. The molecular formula is C16H14Cl2N2O4. The van der Waals surface area contributed by atoms with E-state index in [0.29, 0.717) is 10.0 Å². The molecule has 1 amide bonds. The van der Waals surface area contributed by atoms with Crippen LogP contribution in [0.5, 0.6) is 5.75 Å². The minimum atomic E-state index is -0.564. The Morgan fingerprint density at radius 3 is 2.62 bits per heavy atom. The molecule has 0 spiro atoms. The van der Waals surface area contributed by atoms with Gasteiger partial charge in [0.15, 0.2) is 12.4 Å². The Balaban J connectivity index is 1.96. The molecule has 0 aromatic heterocycles. The number of nitrogens with zero attached hydrogens (tertiary/aromatic N) is 1. The normalized spacial score (nSPS) is 11.6. The predicted molar refractivity (Wildman–Crippen MR) is 91.6 cm³/mol. The van der Waals surface area contributed by atoms with Gasteiger partial charge in [0.05, 0.1) is 21.0 Å². The van der Waals surface area contributed by atoms with Crippen molar-refractivity contribution < 1.29 is 14.5 Å². The first kappa shape index (κ1) is 18.0. The fourth-order valence-corrected chi connectivity index (χ4v) is 2.33. The minimum Gasteiger partial charge on any atom is -0.477 e. The highest BCUT2D eigenvalue weighted by atomic mass is 35.5. The summed E-state index contributed by atoms with van der Waals surface area (Å²) in [4.78, 5) is 22.3. The number of ether oxygens (including phenoxy) is 1. The highest BCUT2D eigenvalue weighted by Gasteiger charge is 2.16. The van der Waals surface area contributed by atoms with Crippen molar-refractivity contribution in [2.45, 2.75) is 13.0 Å². The van der Waals surface area contributed by atoms with Crippen LogP contribution in [0.25, 0.3) is 0 Å². The quantitative estimate of drug-likeness (QED) is 0.612. The van der Waals surface area contributed by atoms with E-state index < -0.39 is 10.8 Å². The maximum absolute atomic E-state index is 12.0. The van der Waals surface area contributed by atoms with Gasteiger partial charge in [0.25, 0.3) is 5.91 Å².